The quantitative estimate of drug-likeness (QED) is 0.531. The van der Waals surface area contributed by atoms with E-state index in [2.05, 4.69) is 4.98 Å². The summed E-state index contributed by atoms with van der Waals surface area (Å²) in [5.41, 5.74) is 0.727. The molecule has 0 saturated carbocycles. The topological polar surface area (TPSA) is 97.8 Å². The van der Waals surface area contributed by atoms with E-state index in [4.69, 9.17) is 9.15 Å². The summed E-state index contributed by atoms with van der Waals surface area (Å²) in [6.07, 6.45) is 7.26. The molecule has 8 nitrogen and oxygen atoms in total. The number of benzene rings is 1. The van der Waals surface area contributed by atoms with E-state index < -0.39 is 23.5 Å². The average molecular weight is 421 g/mol. The van der Waals surface area contributed by atoms with Crippen LogP contribution in [-0.4, -0.2) is 44.4 Å². The van der Waals surface area contributed by atoms with Crippen molar-refractivity contribution in [2.45, 2.75) is 25.9 Å². The van der Waals surface area contributed by atoms with Crippen molar-refractivity contribution in [1.82, 2.24) is 14.5 Å². The Balaban J connectivity index is 1.65. The molecule has 0 fully saturated rings. The first kappa shape index (κ1) is 20.5. The number of hydrogen-bond acceptors (Lipinski definition) is 6. The molecule has 0 radical (unpaired) electrons. The molecular weight excluding hydrogens is 398 g/mol. The number of furan rings is 1. The van der Waals surface area contributed by atoms with Crippen molar-refractivity contribution in [2.75, 3.05) is 13.2 Å². The van der Waals surface area contributed by atoms with Gasteiger partial charge in [-0.3, -0.25) is 9.59 Å². The highest BCUT2D eigenvalue weighted by molar-refractivity contribution is 6.15. The molecule has 0 spiro atoms. The normalized spacial score (nSPS) is 16.2. The molecule has 0 saturated heterocycles. The minimum atomic E-state index is -0.719. The van der Waals surface area contributed by atoms with E-state index in [1.165, 1.54) is 17.2 Å². The van der Waals surface area contributed by atoms with E-state index in [9.17, 15) is 14.7 Å². The fourth-order valence-corrected chi connectivity index (χ4v) is 3.76. The van der Waals surface area contributed by atoms with Crippen molar-refractivity contribution in [3.05, 3.63) is 84.0 Å². The lowest BCUT2D eigenvalue weighted by molar-refractivity contribution is -0.129. The SMILES string of the molecule is CCOc1ccc([C@@H]2C(C(=O)c3ccco3)=C(O)C(=O)N2CCCn2ccnc2)cc1. The summed E-state index contributed by atoms with van der Waals surface area (Å²) in [6.45, 7) is 3.44. The second-order valence-corrected chi connectivity index (χ2v) is 7.13. The van der Waals surface area contributed by atoms with Gasteiger partial charge in [0.15, 0.2) is 11.5 Å². The molecule has 3 aromatic rings. The lowest BCUT2D eigenvalue weighted by Gasteiger charge is -2.27. The zero-order valence-electron chi connectivity index (χ0n) is 17.1. The zero-order chi connectivity index (χ0) is 21.8. The number of aliphatic hydroxyl groups excluding tert-OH is 1. The monoisotopic (exact) mass is 421 g/mol. The minimum Gasteiger partial charge on any atom is -0.503 e. The van der Waals surface area contributed by atoms with Gasteiger partial charge >= 0.3 is 0 Å². The number of Topliss-reactive ketones (excluding diaryl/α,β-unsaturated/α-hetero) is 1. The van der Waals surface area contributed by atoms with Gasteiger partial charge in [0.1, 0.15) is 5.75 Å². The predicted molar refractivity (Wildman–Crippen MR) is 112 cm³/mol. The molecule has 0 bridgehead atoms. The first-order chi connectivity index (χ1) is 15.1. The Morgan fingerprint density at radius 1 is 1.23 bits per heavy atom. The summed E-state index contributed by atoms with van der Waals surface area (Å²) in [6, 6.07) is 9.58. The van der Waals surface area contributed by atoms with Crippen LogP contribution in [0, 0.1) is 0 Å². The van der Waals surface area contributed by atoms with Crippen LogP contribution in [0.25, 0.3) is 0 Å². The number of carbonyl (C=O) groups excluding carboxylic acids is 2. The summed E-state index contributed by atoms with van der Waals surface area (Å²) < 4.78 is 12.6. The third-order valence-corrected chi connectivity index (χ3v) is 5.17. The van der Waals surface area contributed by atoms with E-state index in [1.54, 1.807) is 42.9 Å². The molecule has 31 heavy (non-hydrogen) atoms. The van der Waals surface area contributed by atoms with Crippen molar-refractivity contribution in [2.24, 2.45) is 0 Å². The molecule has 3 heterocycles. The largest absolute Gasteiger partial charge is 0.503 e. The average Bonchev–Trinajstić information content (AvgIpc) is 3.53. The van der Waals surface area contributed by atoms with Crippen molar-refractivity contribution in [3.8, 4) is 5.75 Å². The van der Waals surface area contributed by atoms with E-state index in [-0.39, 0.29) is 11.3 Å². The van der Waals surface area contributed by atoms with Crippen LogP contribution in [-0.2, 0) is 11.3 Å². The number of amides is 1. The summed E-state index contributed by atoms with van der Waals surface area (Å²) >= 11 is 0. The molecule has 2 aromatic heterocycles. The maximum atomic E-state index is 13.1. The molecule has 1 N–H and O–H groups in total. The second-order valence-electron chi connectivity index (χ2n) is 7.13. The molecule has 4 rings (SSSR count). The van der Waals surface area contributed by atoms with Gasteiger partial charge in [0.25, 0.3) is 5.91 Å². The maximum absolute atomic E-state index is 13.1. The fourth-order valence-electron chi connectivity index (χ4n) is 3.76. The summed E-state index contributed by atoms with van der Waals surface area (Å²) in [7, 11) is 0. The highest BCUT2D eigenvalue weighted by atomic mass is 16.5. The van der Waals surface area contributed by atoms with Crippen LogP contribution in [0.1, 0.15) is 35.5 Å². The number of imidazole rings is 1. The first-order valence-electron chi connectivity index (χ1n) is 10.1. The van der Waals surface area contributed by atoms with Gasteiger partial charge in [-0.05, 0) is 43.2 Å². The Bertz CT molecular complexity index is 1070. The minimum absolute atomic E-state index is 0.0201. The van der Waals surface area contributed by atoms with Gasteiger partial charge in [0.05, 0.1) is 30.8 Å². The lowest BCUT2D eigenvalue weighted by Crippen LogP contribution is -2.32. The number of ketones is 1. The standard InChI is InChI=1S/C23H23N3O5/c1-2-30-17-8-6-16(7-9-17)20-19(21(27)18-5-3-14-31-18)22(28)23(29)26(20)12-4-11-25-13-10-24-15-25/h3,5-10,13-15,20,28H,2,4,11-12H2,1H3/t20-/m1/s1. The number of hydrogen-bond donors (Lipinski definition) is 1. The fraction of sp³-hybridized carbons (Fsp3) is 0.261. The van der Waals surface area contributed by atoms with Crippen molar-refractivity contribution in [1.29, 1.82) is 0 Å². The van der Waals surface area contributed by atoms with Crippen LogP contribution in [0.3, 0.4) is 0 Å². The number of nitrogens with zero attached hydrogens (tertiary/aromatic N) is 3. The number of aliphatic hydroxyl groups is 1. The Kier molecular flexibility index (Phi) is 5.88. The second kappa shape index (κ2) is 8.91. The molecule has 1 amide bonds. The van der Waals surface area contributed by atoms with Crippen LogP contribution in [0.2, 0.25) is 0 Å². The zero-order valence-corrected chi connectivity index (χ0v) is 17.1. The van der Waals surface area contributed by atoms with Crippen LogP contribution in [0.5, 0.6) is 5.75 Å². The molecule has 160 valence electrons. The highest BCUT2D eigenvalue weighted by Crippen LogP contribution is 2.39. The van der Waals surface area contributed by atoms with Crippen molar-refractivity contribution in [3.63, 3.8) is 0 Å². The lowest BCUT2D eigenvalue weighted by atomic mass is 9.95. The van der Waals surface area contributed by atoms with E-state index in [0.717, 1.165) is 0 Å². The molecule has 1 aliphatic heterocycles. The van der Waals surface area contributed by atoms with Gasteiger partial charge in [-0.2, -0.15) is 0 Å². The molecule has 1 atom stereocenters. The van der Waals surface area contributed by atoms with E-state index >= 15 is 0 Å². The number of rotatable bonds is 9. The Labute approximate surface area is 179 Å². The van der Waals surface area contributed by atoms with Crippen LogP contribution >= 0.6 is 0 Å². The summed E-state index contributed by atoms with van der Waals surface area (Å²) in [5, 5.41) is 10.6. The predicted octanol–water partition coefficient (Wildman–Crippen LogP) is 3.54. The summed E-state index contributed by atoms with van der Waals surface area (Å²) in [4.78, 5) is 31.6. The molecule has 1 aliphatic rings. The van der Waals surface area contributed by atoms with Gasteiger partial charge in [-0.15, -0.1) is 0 Å². The molecule has 0 unspecified atom stereocenters. The van der Waals surface area contributed by atoms with Gasteiger partial charge in [-0.25, -0.2) is 4.98 Å². The smallest absolute Gasteiger partial charge is 0.290 e. The Morgan fingerprint density at radius 3 is 2.68 bits per heavy atom. The molecular formula is C23H23N3O5. The summed E-state index contributed by atoms with van der Waals surface area (Å²) in [5.74, 6) is -0.853. The Morgan fingerprint density at radius 2 is 2.03 bits per heavy atom. The van der Waals surface area contributed by atoms with E-state index in [0.29, 0.717) is 37.4 Å². The van der Waals surface area contributed by atoms with Gasteiger partial charge in [0.2, 0.25) is 5.78 Å². The van der Waals surface area contributed by atoms with Gasteiger partial charge in [-0.1, -0.05) is 12.1 Å². The van der Waals surface area contributed by atoms with Gasteiger partial charge in [0, 0.05) is 25.5 Å². The first-order valence-corrected chi connectivity index (χ1v) is 10.1. The maximum Gasteiger partial charge on any atom is 0.290 e. The van der Waals surface area contributed by atoms with Gasteiger partial charge < -0.3 is 23.7 Å². The molecule has 1 aromatic carbocycles. The van der Waals surface area contributed by atoms with Crippen molar-refractivity contribution < 1.29 is 23.8 Å². The van der Waals surface area contributed by atoms with E-state index in [1.807, 2.05) is 17.7 Å². The van der Waals surface area contributed by atoms with Crippen LogP contribution in [0.4, 0.5) is 0 Å². The number of ether oxygens (including phenoxy) is 1. The Hall–Kier alpha value is -3.81. The van der Waals surface area contributed by atoms with Crippen LogP contribution < -0.4 is 4.74 Å². The number of aryl methyl sites for hydroxylation is 1. The highest BCUT2D eigenvalue weighted by Gasteiger charge is 2.44. The molecule has 0 aliphatic carbocycles. The number of aromatic nitrogens is 2. The third-order valence-electron chi connectivity index (χ3n) is 5.17. The van der Waals surface area contributed by atoms with Crippen molar-refractivity contribution >= 4 is 11.7 Å². The number of carbonyl (C=O) groups is 2. The molecule has 8 heteroatoms. The third kappa shape index (κ3) is 4.09. The van der Waals surface area contributed by atoms with Crippen LogP contribution in [0.15, 0.2) is 77.1 Å².